The van der Waals surface area contributed by atoms with E-state index in [2.05, 4.69) is 25.5 Å². The second-order valence-corrected chi connectivity index (χ2v) is 4.66. The number of nitrogens with zero attached hydrogens (tertiary/aromatic N) is 4. The van der Waals surface area contributed by atoms with Crippen molar-refractivity contribution >= 4 is 5.91 Å². The van der Waals surface area contributed by atoms with Gasteiger partial charge in [0.1, 0.15) is 11.6 Å². The summed E-state index contributed by atoms with van der Waals surface area (Å²) in [4.78, 5) is 20.1. The molecule has 2 aromatic rings. The first-order valence-electron chi connectivity index (χ1n) is 6.24. The molecule has 0 saturated carbocycles. The largest absolute Gasteiger partial charge is 0.349 e. The molecule has 1 amide bonds. The van der Waals surface area contributed by atoms with E-state index in [9.17, 15) is 4.79 Å². The highest BCUT2D eigenvalue weighted by Gasteiger charge is 2.13. The van der Waals surface area contributed by atoms with E-state index >= 15 is 0 Å². The maximum atomic E-state index is 11.8. The van der Waals surface area contributed by atoms with Crippen molar-refractivity contribution in [3.63, 3.8) is 0 Å². The standard InChI is InChI=1S/C12H18N6O/c1-8(2)10-15-11(17-16-10)12(19)14-5-4-9-13-6-7-18(9)3/h6-8H,4-5H2,1-3H3,(H,14,19)(H,15,16,17). The first-order chi connectivity index (χ1) is 9.08. The average Bonchev–Trinajstić information content (AvgIpc) is 2.98. The van der Waals surface area contributed by atoms with Crippen molar-refractivity contribution in [3.05, 3.63) is 29.9 Å². The van der Waals surface area contributed by atoms with Gasteiger partial charge < -0.3 is 9.88 Å². The van der Waals surface area contributed by atoms with Crippen molar-refractivity contribution in [2.45, 2.75) is 26.2 Å². The minimum Gasteiger partial charge on any atom is -0.349 e. The molecule has 0 radical (unpaired) electrons. The summed E-state index contributed by atoms with van der Waals surface area (Å²) in [6, 6.07) is 0. The third-order valence-corrected chi connectivity index (χ3v) is 2.81. The molecule has 7 nitrogen and oxygen atoms in total. The van der Waals surface area contributed by atoms with Gasteiger partial charge in [0, 0.05) is 38.3 Å². The molecule has 2 heterocycles. The van der Waals surface area contributed by atoms with Crippen LogP contribution >= 0.6 is 0 Å². The number of imidazole rings is 1. The van der Waals surface area contributed by atoms with Crippen LogP contribution in [0.4, 0.5) is 0 Å². The SMILES string of the molecule is CC(C)c1nc(C(=O)NCCc2nccn2C)n[nH]1. The number of H-pyrrole nitrogens is 1. The Balaban J connectivity index is 1.85. The Labute approximate surface area is 111 Å². The highest BCUT2D eigenvalue weighted by molar-refractivity contribution is 5.90. The van der Waals surface area contributed by atoms with Crippen LogP contribution in [0.25, 0.3) is 0 Å². The Kier molecular flexibility index (Phi) is 3.94. The van der Waals surface area contributed by atoms with E-state index in [0.717, 1.165) is 5.82 Å². The van der Waals surface area contributed by atoms with E-state index in [0.29, 0.717) is 18.8 Å². The molecule has 0 aliphatic heterocycles. The van der Waals surface area contributed by atoms with Gasteiger partial charge >= 0.3 is 0 Å². The highest BCUT2D eigenvalue weighted by Crippen LogP contribution is 2.07. The maximum absolute atomic E-state index is 11.8. The van der Waals surface area contributed by atoms with Crippen LogP contribution in [0.3, 0.4) is 0 Å². The summed E-state index contributed by atoms with van der Waals surface area (Å²) in [7, 11) is 1.92. The van der Waals surface area contributed by atoms with Crippen molar-refractivity contribution in [2.75, 3.05) is 6.54 Å². The molecule has 0 bridgehead atoms. The molecular weight excluding hydrogens is 244 g/mol. The van der Waals surface area contributed by atoms with E-state index in [-0.39, 0.29) is 17.6 Å². The lowest BCUT2D eigenvalue weighted by Crippen LogP contribution is -2.27. The number of carbonyl (C=O) groups is 1. The molecule has 7 heteroatoms. The molecule has 0 unspecified atom stereocenters. The third-order valence-electron chi connectivity index (χ3n) is 2.81. The summed E-state index contributed by atoms with van der Waals surface area (Å²) in [5, 5.41) is 9.44. The number of aromatic nitrogens is 5. The third kappa shape index (κ3) is 3.18. The van der Waals surface area contributed by atoms with Gasteiger partial charge in [-0.15, -0.1) is 5.10 Å². The van der Waals surface area contributed by atoms with Crippen LogP contribution in [0.5, 0.6) is 0 Å². The minimum absolute atomic E-state index is 0.184. The molecular formula is C12H18N6O. The molecule has 0 atom stereocenters. The smallest absolute Gasteiger partial charge is 0.290 e. The Morgan fingerprint density at radius 3 is 2.89 bits per heavy atom. The number of rotatable bonds is 5. The summed E-state index contributed by atoms with van der Waals surface area (Å²) in [6.07, 6.45) is 4.29. The van der Waals surface area contributed by atoms with Gasteiger partial charge in [0.25, 0.3) is 5.91 Å². The van der Waals surface area contributed by atoms with E-state index < -0.39 is 0 Å². The summed E-state index contributed by atoms with van der Waals surface area (Å²) in [6.45, 7) is 4.49. The fraction of sp³-hybridized carbons (Fsp3) is 0.500. The number of aromatic amines is 1. The van der Waals surface area contributed by atoms with E-state index in [1.165, 1.54) is 0 Å². The normalized spacial score (nSPS) is 10.9. The Morgan fingerprint density at radius 1 is 1.53 bits per heavy atom. The second kappa shape index (κ2) is 5.64. The molecule has 2 rings (SSSR count). The molecule has 0 saturated heterocycles. The van der Waals surface area contributed by atoms with E-state index in [1.807, 2.05) is 31.7 Å². The van der Waals surface area contributed by atoms with Gasteiger partial charge in [-0.2, -0.15) is 0 Å². The van der Waals surface area contributed by atoms with Gasteiger partial charge in [-0.25, -0.2) is 9.97 Å². The van der Waals surface area contributed by atoms with Crippen LogP contribution in [-0.4, -0.2) is 37.2 Å². The Hall–Kier alpha value is -2.18. The van der Waals surface area contributed by atoms with Crippen molar-refractivity contribution in [3.8, 4) is 0 Å². The number of hydrogen-bond donors (Lipinski definition) is 2. The van der Waals surface area contributed by atoms with Gasteiger partial charge in [0.15, 0.2) is 0 Å². The molecule has 0 aliphatic carbocycles. The van der Waals surface area contributed by atoms with Crippen LogP contribution in [0.1, 0.15) is 42.0 Å². The minimum atomic E-state index is -0.266. The zero-order valence-corrected chi connectivity index (χ0v) is 11.3. The maximum Gasteiger partial charge on any atom is 0.290 e. The molecule has 2 aromatic heterocycles. The number of carbonyl (C=O) groups excluding carboxylic acids is 1. The number of aryl methyl sites for hydroxylation is 1. The van der Waals surface area contributed by atoms with Crippen molar-refractivity contribution < 1.29 is 4.79 Å². The van der Waals surface area contributed by atoms with Crippen LogP contribution in [0.15, 0.2) is 12.4 Å². The first kappa shape index (κ1) is 13.3. The van der Waals surface area contributed by atoms with E-state index in [1.54, 1.807) is 6.20 Å². The molecule has 0 aliphatic rings. The lowest BCUT2D eigenvalue weighted by Gasteiger charge is -2.03. The fourth-order valence-corrected chi connectivity index (χ4v) is 1.64. The summed E-state index contributed by atoms with van der Waals surface area (Å²) in [5.74, 6) is 1.79. The molecule has 0 aromatic carbocycles. The molecule has 0 spiro atoms. The summed E-state index contributed by atoms with van der Waals surface area (Å²) < 4.78 is 1.93. The van der Waals surface area contributed by atoms with Crippen molar-refractivity contribution in [2.24, 2.45) is 7.05 Å². The van der Waals surface area contributed by atoms with Crippen LogP contribution in [0, 0.1) is 0 Å². The topological polar surface area (TPSA) is 88.5 Å². The molecule has 0 fully saturated rings. The first-order valence-corrected chi connectivity index (χ1v) is 6.24. The lowest BCUT2D eigenvalue weighted by atomic mass is 10.2. The van der Waals surface area contributed by atoms with Crippen LogP contribution in [-0.2, 0) is 13.5 Å². The van der Waals surface area contributed by atoms with Crippen molar-refractivity contribution in [1.29, 1.82) is 0 Å². The van der Waals surface area contributed by atoms with Gasteiger partial charge in [-0.1, -0.05) is 13.8 Å². The summed E-state index contributed by atoms with van der Waals surface area (Å²) in [5.41, 5.74) is 0. The zero-order chi connectivity index (χ0) is 13.8. The zero-order valence-electron chi connectivity index (χ0n) is 11.3. The van der Waals surface area contributed by atoms with Gasteiger partial charge in [-0.3, -0.25) is 9.89 Å². The molecule has 19 heavy (non-hydrogen) atoms. The molecule has 102 valence electrons. The van der Waals surface area contributed by atoms with Crippen LogP contribution < -0.4 is 5.32 Å². The molecule has 2 N–H and O–H groups in total. The predicted molar refractivity (Wildman–Crippen MR) is 69.7 cm³/mol. The summed E-state index contributed by atoms with van der Waals surface area (Å²) >= 11 is 0. The van der Waals surface area contributed by atoms with Crippen molar-refractivity contribution in [1.82, 2.24) is 30.0 Å². The van der Waals surface area contributed by atoms with Crippen LogP contribution in [0.2, 0.25) is 0 Å². The average molecular weight is 262 g/mol. The number of hydrogen-bond acceptors (Lipinski definition) is 4. The quantitative estimate of drug-likeness (QED) is 0.827. The van der Waals surface area contributed by atoms with Gasteiger partial charge in [0.05, 0.1) is 0 Å². The highest BCUT2D eigenvalue weighted by atomic mass is 16.2. The lowest BCUT2D eigenvalue weighted by molar-refractivity contribution is 0.0944. The Morgan fingerprint density at radius 2 is 2.32 bits per heavy atom. The number of nitrogens with one attached hydrogen (secondary N) is 2. The predicted octanol–water partition coefficient (Wildman–Crippen LogP) is 0.634. The second-order valence-electron chi connectivity index (χ2n) is 4.66. The van der Waals surface area contributed by atoms with Gasteiger partial charge in [-0.05, 0) is 0 Å². The fourth-order valence-electron chi connectivity index (χ4n) is 1.64. The van der Waals surface area contributed by atoms with Gasteiger partial charge in [0.2, 0.25) is 5.82 Å². The monoisotopic (exact) mass is 262 g/mol. The van der Waals surface area contributed by atoms with E-state index in [4.69, 9.17) is 0 Å². The Bertz CT molecular complexity index is 556. The number of amides is 1.